The first-order valence-electron chi connectivity index (χ1n) is 25.9. The van der Waals surface area contributed by atoms with Crippen LogP contribution in [0.3, 0.4) is 0 Å². The zero-order chi connectivity index (χ0) is 58.6. The SMILES string of the molecule is C.Cc1cc(C)c(C)c(F)c1.Cc1cc(C)c(C)c(F)c1.Cc1ccc(C(C)(C)C)cc1.Cc1ccc(C(C)(C)C)cc1C.Cc1ccc(C(C)(C)C)cc1F.[C-]#[N+]c1cc(C)cc(F)c1C.[C-]#[N+]c1cc(C)ccc1C. The molecule has 7 rings (SSSR count). The van der Waals surface area contributed by atoms with E-state index in [0.717, 1.165) is 61.3 Å². The largest absolute Gasteiger partial charge is 0.238 e. The van der Waals surface area contributed by atoms with Crippen LogP contribution in [0.5, 0.6) is 0 Å². The van der Waals surface area contributed by atoms with Crippen LogP contribution in [0.4, 0.5) is 28.9 Å². The fourth-order valence-electron chi connectivity index (χ4n) is 7.05. The summed E-state index contributed by atoms with van der Waals surface area (Å²) in [6.45, 7) is 60.0. The molecule has 0 aliphatic rings. The van der Waals surface area contributed by atoms with Gasteiger partial charge >= 0.3 is 0 Å². The first kappa shape index (κ1) is 70.2. The molecule has 0 saturated carbocycles. The highest BCUT2D eigenvalue weighted by atomic mass is 19.1. The zero-order valence-electron chi connectivity index (χ0n) is 50.4. The molecule has 0 fully saturated rings. The summed E-state index contributed by atoms with van der Waals surface area (Å²) in [7, 11) is 0. The summed E-state index contributed by atoms with van der Waals surface area (Å²) >= 11 is 0. The van der Waals surface area contributed by atoms with Crippen molar-refractivity contribution in [2.75, 3.05) is 0 Å². The minimum absolute atomic E-state index is 0. The summed E-state index contributed by atoms with van der Waals surface area (Å²) in [5.74, 6) is -0.603. The second kappa shape index (κ2) is 31.5. The van der Waals surface area contributed by atoms with E-state index in [1.807, 2.05) is 84.0 Å². The van der Waals surface area contributed by atoms with E-state index in [9.17, 15) is 17.6 Å². The van der Waals surface area contributed by atoms with Gasteiger partial charge in [0.1, 0.15) is 23.3 Å². The number of halogens is 4. The third kappa shape index (κ3) is 24.8. The fourth-order valence-corrected chi connectivity index (χ4v) is 7.05. The van der Waals surface area contributed by atoms with Crippen molar-refractivity contribution in [2.45, 2.75) is 183 Å². The molecule has 0 radical (unpaired) electrons. The van der Waals surface area contributed by atoms with Crippen LogP contribution in [0, 0.1) is 133 Å². The van der Waals surface area contributed by atoms with Crippen molar-refractivity contribution < 1.29 is 17.6 Å². The molecule has 0 spiro atoms. The smallest absolute Gasteiger partial charge is 0.193 e. The van der Waals surface area contributed by atoms with E-state index in [1.165, 1.54) is 33.9 Å². The number of hydrogen-bond donors (Lipinski definition) is 0. The van der Waals surface area contributed by atoms with Gasteiger partial charge in [0.2, 0.25) is 0 Å². The Balaban J connectivity index is 0.000000874. The van der Waals surface area contributed by atoms with Gasteiger partial charge in [0.25, 0.3) is 0 Å². The van der Waals surface area contributed by atoms with Gasteiger partial charge in [-0.1, -0.05) is 177 Å². The predicted octanol–water partition coefficient (Wildman–Crippen LogP) is 22.3. The monoisotopic (exact) mass is 1050 g/mol. The zero-order valence-corrected chi connectivity index (χ0v) is 50.4. The highest BCUT2D eigenvalue weighted by Crippen LogP contribution is 2.27. The summed E-state index contributed by atoms with van der Waals surface area (Å²) in [5, 5.41) is 0. The Bertz CT molecular complexity index is 2910. The first-order valence-corrected chi connectivity index (χ1v) is 25.9. The highest BCUT2D eigenvalue weighted by Gasteiger charge is 2.15. The minimum atomic E-state index is -0.295. The molecule has 0 N–H and O–H groups in total. The summed E-state index contributed by atoms with van der Waals surface area (Å²) < 4.78 is 51.7. The van der Waals surface area contributed by atoms with Crippen molar-refractivity contribution in [1.29, 1.82) is 0 Å². The summed E-state index contributed by atoms with van der Waals surface area (Å²) in [6.07, 6.45) is 0. The van der Waals surface area contributed by atoms with Crippen molar-refractivity contribution >= 4 is 11.4 Å². The van der Waals surface area contributed by atoms with Crippen LogP contribution >= 0.6 is 0 Å². The van der Waals surface area contributed by atoms with Crippen molar-refractivity contribution in [1.82, 2.24) is 0 Å². The van der Waals surface area contributed by atoms with Gasteiger partial charge in [0.15, 0.2) is 11.4 Å². The number of nitrogens with zero attached hydrogens (tertiary/aromatic N) is 2. The molecule has 414 valence electrons. The molecular formula is C71H92F4N2. The van der Waals surface area contributed by atoms with Gasteiger partial charge in [0, 0.05) is 0 Å². The molecule has 0 aliphatic carbocycles. The fraction of sp³-hybridized carbons (Fsp3) is 0.380. The molecule has 7 aromatic carbocycles. The van der Waals surface area contributed by atoms with Gasteiger partial charge in [-0.05, 0) is 215 Å². The highest BCUT2D eigenvalue weighted by molar-refractivity contribution is 5.54. The van der Waals surface area contributed by atoms with E-state index in [1.54, 1.807) is 58.9 Å². The van der Waals surface area contributed by atoms with Gasteiger partial charge in [-0.2, -0.15) is 0 Å². The van der Waals surface area contributed by atoms with E-state index in [4.69, 9.17) is 13.1 Å². The standard InChI is InChI=1S/C12H18.C11H15F.C11H16.C9H8FN.2C9H11F.C9H9N.CH4/c1-9-6-7-11(8-10(9)2)12(3,4)5;1-8-5-6-9(7-10(8)12)11(2,3)4;1-9-5-7-10(8-6-9)11(2,3)4;1-6-4-8(10)7(2)9(5-6)11-3;2*1-6-4-7(2)8(3)9(10)5-6;1-7-4-5-8(2)9(6-7)10-3;/h6-8H,1-5H3;5-7H,1-4H3;5-8H,1-4H3;4-5H,1-2H3;2*4-5H,1-3H3;4-6H,1-2H3;1H4. The third-order valence-electron chi connectivity index (χ3n) is 12.9. The Hall–Kier alpha value is -6.76. The number of aryl methyl sites for hydroxylation is 11. The molecule has 0 atom stereocenters. The average Bonchev–Trinajstić information content (AvgIpc) is 3.31. The van der Waals surface area contributed by atoms with Crippen LogP contribution in [-0.4, -0.2) is 0 Å². The number of benzene rings is 7. The lowest BCUT2D eigenvalue weighted by atomic mass is 9.85. The molecule has 0 unspecified atom stereocenters. The lowest BCUT2D eigenvalue weighted by molar-refractivity contribution is 0.569. The Morgan fingerprint density at radius 2 is 0.623 bits per heavy atom. The Morgan fingerprint density at radius 3 is 0.987 bits per heavy atom. The van der Waals surface area contributed by atoms with Gasteiger partial charge in [-0.3, -0.25) is 0 Å². The summed E-state index contributed by atoms with van der Waals surface area (Å²) in [6, 6.07) is 37.0. The van der Waals surface area contributed by atoms with Gasteiger partial charge < -0.3 is 0 Å². The molecule has 0 aliphatic heterocycles. The minimum Gasteiger partial charge on any atom is -0.238 e. The molecule has 0 amide bonds. The molecule has 7 aromatic rings. The number of hydrogen-bond acceptors (Lipinski definition) is 0. The first-order chi connectivity index (χ1) is 34.9. The van der Waals surface area contributed by atoms with Crippen molar-refractivity contribution in [3.8, 4) is 0 Å². The van der Waals surface area contributed by atoms with Crippen LogP contribution in [0.2, 0.25) is 0 Å². The quantitative estimate of drug-likeness (QED) is 0.106. The Labute approximate surface area is 465 Å². The molecule has 0 aromatic heterocycles. The van der Waals surface area contributed by atoms with Crippen LogP contribution in [0.25, 0.3) is 9.69 Å². The average molecular weight is 1050 g/mol. The topological polar surface area (TPSA) is 8.72 Å². The second-order valence-electron chi connectivity index (χ2n) is 23.2. The maximum absolute atomic E-state index is 13.1. The van der Waals surface area contributed by atoms with E-state index in [2.05, 4.69) is 135 Å². The number of rotatable bonds is 0. The van der Waals surface area contributed by atoms with Gasteiger partial charge in [0.05, 0.1) is 13.1 Å². The van der Waals surface area contributed by atoms with Crippen LogP contribution in [0.1, 0.15) is 164 Å². The normalized spacial score (nSPS) is 10.4. The van der Waals surface area contributed by atoms with Crippen molar-refractivity contribution in [2.24, 2.45) is 0 Å². The second-order valence-corrected chi connectivity index (χ2v) is 23.2. The molecule has 0 bridgehead atoms. The lowest BCUT2D eigenvalue weighted by Crippen LogP contribution is -2.11. The van der Waals surface area contributed by atoms with Crippen molar-refractivity contribution in [3.63, 3.8) is 0 Å². The van der Waals surface area contributed by atoms with Crippen molar-refractivity contribution in [3.05, 3.63) is 256 Å². The van der Waals surface area contributed by atoms with E-state index < -0.39 is 0 Å². The Kier molecular flexibility index (Phi) is 28.7. The van der Waals surface area contributed by atoms with Crippen LogP contribution in [0.15, 0.2) is 115 Å². The molecule has 0 heterocycles. The van der Waals surface area contributed by atoms with Gasteiger partial charge in [-0.25, -0.2) is 27.3 Å². The van der Waals surface area contributed by atoms with E-state index in [-0.39, 0.29) is 46.9 Å². The molecule has 6 heteroatoms. The van der Waals surface area contributed by atoms with E-state index in [0.29, 0.717) is 16.8 Å². The maximum Gasteiger partial charge on any atom is 0.193 e. The van der Waals surface area contributed by atoms with E-state index >= 15 is 0 Å². The lowest BCUT2D eigenvalue weighted by Gasteiger charge is -2.19. The van der Waals surface area contributed by atoms with Gasteiger partial charge in [-0.15, -0.1) is 0 Å². The predicted molar refractivity (Wildman–Crippen MR) is 327 cm³/mol. The summed E-state index contributed by atoms with van der Waals surface area (Å²) in [5.41, 5.74) is 19.4. The molecule has 2 nitrogen and oxygen atoms in total. The molecule has 0 saturated heterocycles. The van der Waals surface area contributed by atoms with Crippen LogP contribution < -0.4 is 0 Å². The maximum atomic E-state index is 13.1. The summed E-state index contributed by atoms with van der Waals surface area (Å²) in [4.78, 5) is 6.58. The van der Waals surface area contributed by atoms with Crippen LogP contribution in [-0.2, 0) is 16.2 Å². The third-order valence-corrected chi connectivity index (χ3v) is 12.9. The molecule has 77 heavy (non-hydrogen) atoms. The Morgan fingerprint density at radius 1 is 0.286 bits per heavy atom. The molecular weight excluding hydrogens is 957 g/mol.